The predicted octanol–water partition coefficient (Wildman–Crippen LogP) is 17.6. The van der Waals surface area contributed by atoms with Crippen LogP contribution in [0, 0.1) is 0 Å². The Bertz CT molecular complexity index is 1150. The van der Waals surface area contributed by atoms with Gasteiger partial charge in [-0.1, -0.05) is 223 Å². The highest BCUT2D eigenvalue weighted by molar-refractivity contribution is 5.71. The molecule has 1 unspecified atom stereocenters. The van der Waals surface area contributed by atoms with Gasteiger partial charge in [0.2, 0.25) is 0 Å². The fraction of sp³-hybridized carbons (Fsp3) is 0.772. The fourth-order valence-electron chi connectivity index (χ4n) is 7.43. The van der Waals surface area contributed by atoms with Crippen molar-refractivity contribution in [3.8, 4) is 0 Å². The molecule has 0 radical (unpaired) electrons. The third kappa shape index (κ3) is 50.0. The molecular weight excluding hydrogens is 781 g/mol. The van der Waals surface area contributed by atoms with Crippen molar-refractivity contribution in [1.29, 1.82) is 0 Å². The summed E-state index contributed by atoms with van der Waals surface area (Å²) in [5.41, 5.74) is 0. The van der Waals surface area contributed by atoms with Crippen molar-refractivity contribution in [3.05, 3.63) is 60.8 Å². The first kappa shape index (κ1) is 60.1. The molecule has 0 saturated heterocycles. The van der Waals surface area contributed by atoms with Crippen molar-refractivity contribution < 1.29 is 28.6 Å². The maximum absolute atomic E-state index is 12.8. The average molecular weight is 881 g/mol. The van der Waals surface area contributed by atoms with E-state index >= 15 is 0 Å². The summed E-state index contributed by atoms with van der Waals surface area (Å²) >= 11 is 0. The van der Waals surface area contributed by atoms with Crippen LogP contribution in [0.5, 0.6) is 0 Å². The molecule has 0 saturated carbocycles. The SMILES string of the molecule is CCC/C=C\C/C=C\CCCCCCCC(=O)OC(COC(=O)CCCCCCCC/C=C\C/C=C\C/C=C\CCCCC)COC(=O)CCCCCCCCCCCCCCC. The van der Waals surface area contributed by atoms with Crippen LogP contribution in [0.1, 0.15) is 265 Å². The topological polar surface area (TPSA) is 78.9 Å². The lowest BCUT2D eigenvalue weighted by Gasteiger charge is -2.18. The van der Waals surface area contributed by atoms with Gasteiger partial charge in [-0.3, -0.25) is 14.4 Å². The molecule has 0 spiro atoms. The summed E-state index contributed by atoms with van der Waals surface area (Å²) in [4.78, 5) is 38.0. The molecule has 0 N–H and O–H groups in total. The highest BCUT2D eigenvalue weighted by atomic mass is 16.6. The number of allylic oxidation sites excluding steroid dienone is 10. The van der Waals surface area contributed by atoms with Crippen LogP contribution in [0.25, 0.3) is 0 Å². The van der Waals surface area contributed by atoms with Gasteiger partial charge in [0.05, 0.1) is 0 Å². The van der Waals surface area contributed by atoms with Crippen LogP contribution < -0.4 is 0 Å². The Kier molecular flexibility index (Phi) is 49.4. The van der Waals surface area contributed by atoms with Gasteiger partial charge < -0.3 is 14.2 Å². The lowest BCUT2D eigenvalue weighted by Crippen LogP contribution is -2.30. The van der Waals surface area contributed by atoms with Gasteiger partial charge in [-0.2, -0.15) is 0 Å². The third-order valence-electron chi connectivity index (χ3n) is 11.5. The Morgan fingerprint density at radius 3 is 0.984 bits per heavy atom. The number of carbonyl (C=O) groups is 3. The average Bonchev–Trinajstić information content (AvgIpc) is 3.28. The lowest BCUT2D eigenvalue weighted by molar-refractivity contribution is -0.167. The summed E-state index contributed by atoms with van der Waals surface area (Å²) in [6.07, 6.45) is 63.4. The van der Waals surface area contributed by atoms with E-state index in [-0.39, 0.29) is 31.1 Å². The van der Waals surface area contributed by atoms with Gasteiger partial charge in [0.1, 0.15) is 13.2 Å². The van der Waals surface area contributed by atoms with Crippen LogP contribution in [0.4, 0.5) is 0 Å². The number of rotatable bonds is 48. The number of esters is 3. The van der Waals surface area contributed by atoms with Gasteiger partial charge >= 0.3 is 17.9 Å². The Balaban J connectivity index is 4.38. The van der Waals surface area contributed by atoms with E-state index in [0.29, 0.717) is 19.3 Å². The van der Waals surface area contributed by atoms with Crippen LogP contribution in [-0.4, -0.2) is 37.2 Å². The molecule has 0 rings (SSSR count). The largest absolute Gasteiger partial charge is 0.462 e. The van der Waals surface area contributed by atoms with E-state index in [1.165, 1.54) is 116 Å². The summed E-state index contributed by atoms with van der Waals surface area (Å²) < 4.78 is 16.8. The van der Waals surface area contributed by atoms with Crippen molar-refractivity contribution in [1.82, 2.24) is 0 Å². The zero-order valence-electron chi connectivity index (χ0n) is 41.6. The molecular formula is C57H100O6. The van der Waals surface area contributed by atoms with Gasteiger partial charge in [0.25, 0.3) is 0 Å². The highest BCUT2D eigenvalue weighted by Gasteiger charge is 2.19. The molecule has 0 aromatic heterocycles. The molecule has 0 aliphatic rings. The maximum atomic E-state index is 12.8. The molecule has 0 amide bonds. The molecule has 0 aliphatic heterocycles. The van der Waals surface area contributed by atoms with Crippen LogP contribution in [0.2, 0.25) is 0 Å². The van der Waals surface area contributed by atoms with Crippen molar-refractivity contribution in [3.63, 3.8) is 0 Å². The molecule has 63 heavy (non-hydrogen) atoms. The number of unbranched alkanes of at least 4 members (excludes halogenated alkanes) is 27. The maximum Gasteiger partial charge on any atom is 0.306 e. The van der Waals surface area contributed by atoms with E-state index < -0.39 is 6.10 Å². The first-order chi connectivity index (χ1) is 31.0. The minimum Gasteiger partial charge on any atom is -0.462 e. The summed E-state index contributed by atoms with van der Waals surface area (Å²) in [6.45, 7) is 6.53. The van der Waals surface area contributed by atoms with Gasteiger partial charge in [-0.05, 0) is 83.5 Å². The van der Waals surface area contributed by atoms with Crippen molar-refractivity contribution in [2.45, 2.75) is 271 Å². The van der Waals surface area contributed by atoms with Crippen LogP contribution in [0.3, 0.4) is 0 Å². The second kappa shape index (κ2) is 51.7. The Hall–Kier alpha value is -2.89. The van der Waals surface area contributed by atoms with E-state index in [4.69, 9.17) is 14.2 Å². The molecule has 6 heteroatoms. The zero-order chi connectivity index (χ0) is 45.8. The normalized spacial score (nSPS) is 12.5. The summed E-state index contributed by atoms with van der Waals surface area (Å²) in [6, 6.07) is 0. The van der Waals surface area contributed by atoms with Gasteiger partial charge in [-0.25, -0.2) is 0 Å². The van der Waals surface area contributed by atoms with Crippen molar-refractivity contribution in [2.24, 2.45) is 0 Å². The van der Waals surface area contributed by atoms with E-state index in [1.807, 2.05) is 0 Å². The number of hydrogen-bond donors (Lipinski definition) is 0. The van der Waals surface area contributed by atoms with Crippen LogP contribution >= 0.6 is 0 Å². The molecule has 0 heterocycles. The van der Waals surface area contributed by atoms with Crippen molar-refractivity contribution in [2.75, 3.05) is 13.2 Å². The first-order valence-electron chi connectivity index (χ1n) is 26.8. The van der Waals surface area contributed by atoms with Crippen LogP contribution in [-0.2, 0) is 28.6 Å². The second-order valence-corrected chi connectivity index (χ2v) is 17.8. The fourth-order valence-corrected chi connectivity index (χ4v) is 7.43. The van der Waals surface area contributed by atoms with E-state index in [0.717, 1.165) is 109 Å². The van der Waals surface area contributed by atoms with E-state index in [1.54, 1.807) is 0 Å². The third-order valence-corrected chi connectivity index (χ3v) is 11.5. The van der Waals surface area contributed by atoms with Crippen LogP contribution in [0.15, 0.2) is 60.8 Å². The smallest absolute Gasteiger partial charge is 0.306 e. The minimum atomic E-state index is -0.784. The minimum absolute atomic E-state index is 0.0824. The number of ether oxygens (including phenoxy) is 3. The summed E-state index contributed by atoms with van der Waals surface area (Å²) in [5, 5.41) is 0. The molecule has 0 fully saturated rings. The Labute approximate surface area is 390 Å². The zero-order valence-corrected chi connectivity index (χ0v) is 41.6. The second-order valence-electron chi connectivity index (χ2n) is 17.8. The summed E-state index contributed by atoms with van der Waals surface area (Å²) in [7, 11) is 0. The number of carbonyl (C=O) groups excluding carboxylic acids is 3. The Morgan fingerprint density at radius 2 is 0.603 bits per heavy atom. The molecule has 0 aliphatic carbocycles. The van der Waals surface area contributed by atoms with E-state index in [9.17, 15) is 14.4 Å². The Morgan fingerprint density at radius 1 is 0.317 bits per heavy atom. The van der Waals surface area contributed by atoms with Gasteiger partial charge in [0, 0.05) is 19.3 Å². The predicted molar refractivity (Wildman–Crippen MR) is 270 cm³/mol. The molecule has 0 aromatic carbocycles. The molecule has 0 bridgehead atoms. The van der Waals surface area contributed by atoms with Gasteiger partial charge in [0.15, 0.2) is 6.10 Å². The van der Waals surface area contributed by atoms with Gasteiger partial charge in [-0.15, -0.1) is 0 Å². The molecule has 364 valence electrons. The quantitative estimate of drug-likeness (QED) is 0.0262. The summed E-state index contributed by atoms with van der Waals surface area (Å²) in [5.74, 6) is -0.904. The molecule has 1 atom stereocenters. The lowest BCUT2D eigenvalue weighted by atomic mass is 10.0. The van der Waals surface area contributed by atoms with E-state index in [2.05, 4.69) is 81.5 Å². The molecule has 0 aromatic rings. The number of hydrogen-bond acceptors (Lipinski definition) is 6. The van der Waals surface area contributed by atoms with Crippen molar-refractivity contribution >= 4 is 17.9 Å². The highest BCUT2D eigenvalue weighted by Crippen LogP contribution is 2.15. The molecule has 6 nitrogen and oxygen atoms in total. The standard InChI is InChI=1S/C57H100O6/c1-4-7-10-13-16-19-22-25-26-27-28-29-30-33-35-38-41-44-47-50-56(59)62-53-54(63-57(60)51-48-45-42-39-36-32-24-21-18-15-12-9-6-3)52-61-55(58)49-46-43-40-37-34-31-23-20-17-14-11-8-5-2/h12,15-16,19,21,24-26,28-29,54H,4-11,13-14,17-18,20,22-23,27,30-53H2,1-3H3/b15-12-,19-16-,24-21-,26-25-,29-28-. The first-order valence-corrected chi connectivity index (χ1v) is 26.8. The monoisotopic (exact) mass is 881 g/mol.